The quantitative estimate of drug-likeness (QED) is 0.478. The molecule has 0 radical (unpaired) electrons. The van der Waals surface area contributed by atoms with Crippen LogP contribution in [-0.4, -0.2) is 32.6 Å². The van der Waals surface area contributed by atoms with Crippen LogP contribution >= 0.6 is 0 Å². The minimum Gasteiger partial charge on any atom is -0.396 e. The Balaban J connectivity index is 1.65. The van der Waals surface area contributed by atoms with Gasteiger partial charge in [0, 0.05) is 18.7 Å². The van der Waals surface area contributed by atoms with Gasteiger partial charge in [0.15, 0.2) is 5.82 Å². The second kappa shape index (κ2) is 7.81. The minimum absolute atomic E-state index is 0.0707. The molecule has 0 spiro atoms. The molecule has 4 aromatic rings. The summed E-state index contributed by atoms with van der Waals surface area (Å²) in [5.74, 6) is -0.650. The predicted molar refractivity (Wildman–Crippen MR) is 109 cm³/mol. The van der Waals surface area contributed by atoms with E-state index in [-0.39, 0.29) is 18.2 Å². The molecule has 146 valence electrons. The zero-order valence-electron chi connectivity index (χ0n) is 15.7. The van der Waals surface area contributed by atoms with E-state index in [1.54, 1.807) is 31.3 Å². The number of nitrogens with one attached hydrogen (secondary N) is 2. The number of para-hydroxylation sites is 1. The molecular weight excluding hydrogens is 371 g/mol. The molecule has 1 unspecified atom stereocenters. The highest BCUT2D eigenvalue weighted by Gasteiger charge is 2.17. The fourth-order valence-electron chi connectivity index (χ4n) is 3.07. The van der Waals surface area contributed by atoms with E-state index in [9.17, 15) is 14.3 Å². The molecule has 0 bridgehead atoms. The molecule has 0 saturated carbocycles. The molecule has 0 aliphatic carbocycles. The molecule has 0 aliphatic heterocycles. The molecule has 2 aromatic heterocycles. The summed E-state index contributed by atoms with van der Waals surface area (Å²) in [5, 5.41) is 11.8. The van der Waals surface area contributed by atoms with Gasteiger partial charge >= 0.3 is 0 Å². The number of aliphatic hydroxyl groups excluding tert-OH is 1. The van der Waals surface area contributed by atoms with E-state index in [1.165, 1.54) is 12.1 Å². The fourth-order valence-corrected chi connectivity index (χ4v) is 3.07. The van der Waals surface area contributed by atoms with Crippen molar-refractivity contribution in [1.82, 2.24) is 15.0 Å². The summed E-state index contributed by atoms with van der Waals surface area (Å²) >= 11 is 0. The van der Waals surface area contributed by atoms with Crippen molar-refractivity contribution >= 4 is 22.6 Å². The van der Waals surface area contributed by atoms with Crippen LogP contribution in [0.1, 0.15) is 28.8 Å². The molecule has 4 rings (SSSR count). The molecule has 6 nitrogen and oxygen atoms in total. The lowest BCUT2D eigenvalue weighted by Gasteiger charge is -2.11. The number of pyridine rings is 1. The number of fused-ring (bicyclic) bond motifs is 1. The smallest absolute Gasteiger partial charge is 0.258 e. The number of aliphatic hydroxyl groups is 1. The van der Waals surface area contributed by atoms with Gasteiger partial charge < -0.3 is 15.4 Å². The van der Waals surface area contributed by atoms with Gasteiger partial charge in [0.1, 0.15) is 17.0 Å². The van der Waals surface area contributed by atoms with E-state index in [4.69, 9.17) is 0 Å². The summed E-state index contributed by atoms with van der Waals surface area (Å²) in [4.78, 5) is 24.8. The second-order valence-corrected chi connectivity index (χ2v) is 6.78. The lowest BCUT2D eigenvalue weighted by atomic mass is 10.0. The van der Waals surface area contributed by atoms with Gasteiger partial charge in [-0.3, -0.25) is 9.78 Å². The molecule has 29 heavy (non-hydrogen) atoms. The van der Waals surface area contributed by atoms with Gasteiger partial charge in [0.2, 0.25) is 0 Å². The van der Waals surface area contributed by atoms with Gasteiger partial charge in [-0.15, -0.1) is 0 Å². The molecule has 2 aromatic carbocycles. The van der Waals surface area contributed by atoms with Crippen LogP contribution in [0.5, 0.6) is 0 Å². The van der Waals surface area contributed by atoms with Crippen LogP contribution in [0.3, 0.4) is 0 Å². The number of carbonyl (C=O) groups excluding carboxylic acids is 1. The first-order valence-electron chi connectivity index (χ1n) is 9.18. The van der Waals surface area contributed by atoms with Crippen molar-refractivity contribution in [3.8, 4) is 11.5 Å². The van der Waals surface area contributed by atoms with Gasteiger partial charge in [0.25, 0.3) is 5.91 Å². The highest BCUT2D eigenvalue weighted by molar-refractivity contribution is 6.11. The van der Waals surface area contributed by atoms with Crippen molar-refractivity contribution in [2.24, 2.45) is 0 Å². The number of imidazole rings is 1. The van der Waals surface area contributed by atoms with Crippen LogP contribution in [0, 0.1) is 5.82 Å². The van der Waals surface area contributed by atoms with E-state index >= 15 is 0 Å². The number of anilines is 1. The van der Waals surface area contributed by atoms with E-state index in [0.29, 0.717) is 33.7 Å². The van der Waals surface area contributed by atoms with Crippen molar-refractivity contribution < 1.29 is 14.3 Å². The number of amides is 1. The Bertz CT molecular complexity index is 1170. The summed E-state index contributed by atoms with van der Waals surface area (Å²) in [7, 11) is 0. The molecule has 0 fully saturated rings. The molecule has 3 N–H and O–H groups in total. The first-order valence-corrected chi connectivity index (χ1v) is 9.18. The Hall–Kier alpha value is -3.58. The van der Waals surface area contributed by atoms with Crippen molar-refractivity contribution in [1.29, 1.82) is 0 Å². The monoisotopic (exact) mass is 390 g/mol. The molecular formula is C22H19FN4O2. The number of aromatic nitrogens is 3. The number of aromatic amines is 1. The number of rotatable bonds is 5. The summed E-state index contributed by atoms with van der Waals surface area (Å²) in [6, 6.07) is 15.2. The predicted octanol–water partition coefficient (Wildman–Crippen LogP) is 4.11. The number of carbonyl (C=O) groups is 1. The number of halogens is 1. The van der Waals surface area contributed by atoms with Gasteiger partial charge in [-0.05, 0) is 42.0 Å². The standard InChI is InChI=1S/C22H19FN4O2/c1-13(12-28)14-8-9-17(16(23)11-14)26-22(29)15-5-4-7-18-20(15)27-21(25-18)19-6-2-3-10-24-19/h2-11,13,28H,12H2,1H3,(H,25,27)(H,26,29). The average Bonchev–Trinajstić information content (AvgIpc) is 3.19. The molecule has 0 aliphatic rings. The third kappa shape index (κ3) is 3.72. The Morgan fingerprint density at radius 3 is 2.79 bits per heavy atom. The highest BCUT2D eigenvalue weighted by Crippen LogP contribution is 2.25. The number of benzene rings is 2. The zero-order chi connectivity index (χ0) is 20.4. The molecule has 2 heterocycles. The minimum atomic E-state index is -0.556. The van der Waals surface area contributed by atoms with E-state index in [0.717, 1.165) is 0 Å². The van der Waals surface area contributed by atoms with Crippen molar-refractivity contribution in [3.05, 3.63) is 77.7 Å². The van der Waals surface area contributed by atoms with Crippen molar-refractivity contribution in [2.75, 3.05) is 11.9 Å². The normalized spacial score (nSPS) is 12.1. The number of nitrogens with zero attached hydrogens (tertiary/aromatic N) is 2. The first-order chi connectivity index (χ1) is 14.1. The topological polar surface area (TPSA) is 90.9 Å². The summed E-state index contributed by atoms with van der Waals surface area (Å²) in [6.45, 7) is 1.72. The van der Waals surface area contributed by atoms with Crippen molar-refractivity contribution in [3.63, 3.8) is 0 Å². The Labute approximate surface area is 166 Å². The number of H-pyrrole nitrogens is 1. The number of hydrogen-bond donors (Lipinski definition) is 3. The lowest BCUT2D eigenvalue weighted by Crippen LogP contribution is -2.14. The third-order valence-electron chi connectivity index (χ3n) is 4.75. The Kier molecular flexibility index (Phi) is 5.05. The van der Waals surface area contributed by atoms with Gasteiger partial charge in [-0.25, -0.2) is 9.37 Å². The van der Waals surface area contributed by atoms with E-state index < -0.39 is 11.7 Å². The first kappa shape index (κ1) is 18.8. The van der Waals surface area contributed by atoms with E-state index in [1.807, 2.05) is 24.3 Å². The molecule has 0 saturated heterocycles. The number of hydrogen-bond acceptors (Lipinski definition) is 4. The van der Waals surface area contributed by atoms with Crippen LogP contribution in [0.4, 0.5) is 10.1 Å². The fraction of sp³-hybridized carbons (Fsp3) is 0.136. The molecule has 1 atom stereocenters. The molecule has 1 amide bonds. The van der Waals surface area contributed by atoms with Gasteiger partial charge in [-0.1, -0.05) is 25.1 Å². The lowest BCUT2D eigenvalue weighted by molar-refractivity contribution is 0.102. The van der Waals surface area contributed by atoms with Crippen molar-refractivity contribution in [2.45, 2.75) is 12.8 Å². The maximum atomic E-state index is 14.4. The Morgan fingerprint density at radius 1 is 1.21 bits per heavy atom. The van der Waals surface area contributed by atoms with Crippen LogP contribution in [-0.2, 0) is 0 Å². The summed E-state index contributed by atoms with van der Waals surface area (Å²) in [5.41, 5.74) is 2.89. The summed E-state index contributed by atoms with van der Waals surface area (Å²) < 4.78 is 14.4. The third-order valence-corrected chi connectivity index (χ3v) is 4.75. The van der Waals surface area contributed by atoms with Crippen LogP contribution < -0.4 is 5.32 Å². The van der Waals surface area contributed by atoms with Gasteiger partial charge in [-0.2, -0.15) is 0 Å². The summed E-state index contributed by atoms with van der Waals surface area (Å²) in [6.07, 6.45) is 1.67. The Morgan fingerprint density at radius 2 is 2.07 bits per heavy atom. The average molecular weight is 390 g/mol. The van der Waals surface area contributed by atoms with E-state index in [2.05, 4.69) is 20.3 Å². The molecule has 7 heteroatoms. The maximum absolute atomic E-state index is 14.4. The maximum Gasteiger partial charge on any atom is 0.258 e. The highest BCUT2D eigenvalue weighted by atomic mass is 19.1. The van der Waals surface area contributed by atoms with Crippen LogP contribution in [0.25, 0.3) is 22.6 Å². The van der Waals surface area contributed by atoms with Gasteiger partial charge in [0.05, 0.1) is 16.8 Å². The van der Waals surface area contributed by atoms with Crippen LogP contribution in [0.2, 0.25) is 0 Å². The SMILES string of the molecule is CC(CO)c1ccc(NC(=O)c2cccc3[nH]c(-c4ccccn4)nc23)c(F)c1. The largest absolute Gasteiger partial charge is 0.396 e. The van der Waals surface area contributed by atoms with Crippen LogP contribution in [0.15, 0.2) is 60.8 Å². The second-order valence-electron chi connectivity index (χ2n) is 6.78. The zero-order valence-corrected chi connectivity index (χ0v) is 15.7.